The van der Waals surface area contributed by atoms with E-state index in [0.717, 1.165) is 10.0 Å². The van der Waals surface area contributed by atoms with Gasteiger partial charge >= 0.3 is 5.97 Å². The van der Waals surface area contributed by atoms with Gasteiger partial charge in [0, 0.05) is 9.50 Å². The number of carbonyl (C=O) groups is 1. The van der Waals surface area contributed by atoms with Crippen LogP contribution >= 0.6 is 39.1 Å². The van der Waals surface area contributed by atoms with Crippen LogP contribution in [-0.2, 0) is 0 Å². The number of hydrogen-bond donors (Lipinski definition) is 0. The van der Waals surface area contributed by atoms with Gasteiger partial charge in [0.2, 0.25) is 0 Å². The van der Waals surface area contributed by atoms with Crippen molar-refractivity contribution in [2.24, 2.45) is 0 Å². The number of ether oxygens (including phenoxy) is 1. The van der Waals surface area contributed by atoms with Crippen LogP contribution in [0, 0.1) is 6.92 Å². The van der Waals surface area contributed by atoms with E-state index in [1.807, 2.05) is 13.0 Å². The molecule has 0 spiro atoms. The highest BCUT2D eigenvalue weighted by Crippen LogP contribution is 2.32. The van der Waals surface area contributed by atoms with Gasteiger partial charge in [-0.05, 0) is 42.8 Å². The number of carbonyl (C=O) groups excluding carboxylic acids is 1. The summed E-state index contributed by atoms with van der Waals surface area (Å²) in [5.41, 5.74) is 1.15. The van der Waals surface area contributed by atoms with Crippen molar-refractivity contribution in [1.82, 2.24) is 0 Å². The van der Waals surface area contributed by atoms with Crippen LogP contribution in [0.15, 0.2) is 40.9 Å². The van der Waals surface area contributed by atoms with Crippen molar-refractivity contribution in [3.8, 4) is 5.75 Å². The highest BCUT2D eigenvalue weighted by Gasteiger charge is 2.14. The zero-order valence-electron chi connectivity index (χ0n) is 9.91. The smallest absolute Gasteiger partial charge is 0.343 e. The van der Waals surface area contributed by atoms with E-state index in [9.17, 15) is 4.79 Å². The summed E-state index contributed by atoms with van der Waals surface area (Å²) >= 11 is 15.2. The zero-order chi connectivity index (χ0) is 14.0. The molecule has 0 bridgehead atoms. The summed E-state index contributed by atoms with van der Waals surface area (Å²) in [5.74, 6) is -0.135. The van der Waals surface area contributed by atoms with Gasteiger partial charge in [0.1, 0.15) is 0 Å². The van der Waals surface area contributed by atoms with E-state index in [1.54, 1.807) is 30.3 Å². The van der Waals surface area contributed by atoms with Crippen molar-refractivity contribution < 1.29 is 9.53 Å². The van der Waals surface area contributed by atoms with Gasteiger partial charge in [-0.2, -0.15) is 0 Å². The molecule has 0 aliphatic carbocycles. The van der Waals surface area contributed by atoms with Gasteiger partial charge in [-0.15, -0.1) is 0 Å². The van der Waals surface area contributed by atoms with Crippen molar-refractivity contribution in [1.29, 1.82) is 0 Å². The molecule has 5 heteroatoms. The predicted octanol–water partition coefficient (Wildman–Crippen LogP) is 5.28. The molecule has 0 heterocycles. The second kappa shape index (κ2) is 5.95. The topological polar surface area (TPSA) is 26.3 Å². The maximum absolute atomic E-state index is 12.0. The van der Waals surface area contributed by atoms with E-state index in [4.69, 9.17) is 27.9 Å². The Labute approximate surface area is 129 Å². The third kappa shape index (κ3) is 3.50. The first-order chi connectivity index (χ1) is 8.97. The molecule has 98 valence electrons. The zero-order valence-corrected chi connectivity index (χ0v) is 13.0. The molecule has 0 aliphatic heterocycles. The molecule has 2 nitrogen and oxygen atoms in total. The molecule has 0 atom stereocenters. The van der Waals surface area contributed by atoms with Crippen molar-refractivity contribution in [3.63, 3.8) is 0 Å². The van der Waals surface area contributed by atoms with Gasteiger partial charge in [0.15, 0.2) is 5.75 Å². The normalized spacial score (nSPS) is 10.3. The van der Waals surface area contributed by atoms with Gasteiger partial charge < -0.3 is 4.74 Å². The first kappa shape index (κ1) is 14.4. The third-order valence-corrected chi connectivity index (χ3v) is 3.42. The Hall–Kier alpha value is -1.03. The lowest BCUT2D eigenvalue weighted by Gasteiger charge is -2.10. The van der Waals surface area contributed by atoms with Crippen molar-refractivity contribution in [2.45, 2.75) is 6.92 Å². The summed E-state index contributed by atoms with van der Waals surface area (Å²) in [6.45, 7) is 1.82. The molecule has 0 fully saturated rings. The minimum Gasteiger partial charge on any atom is -0.421 e. The summed E-state index contributed by atoms with van der Waals surface area (Å²) in [6, 6.07) is 10.1. The average Bonchev–Trinajstić information content (AvgIpc) is 2.33. The Morgan fingerprint density at radius 2 is 1.95 bits per heavy atom. The molecule has 2 aromatic rings. The summed E-state index contributed by atoms with van der Waals surface area (Å²) < 4.78 is 6.15. The molecular weight excluding hydrogens is 351 g/mol. The number of esters is 1. The minimum absolute atomic E-state index is 0.356. The van der Waals surface area contributed by atoms with Crippen LogP contribution in [0.3, 0.4) is 0 Å². The average molecular weight is 360 g/mol. The molecule has 0 saturated heterocycles. The van der Waals surface area contributed by atoms with Gasteiger partial charge in [0.05, 0.1) is 10.6 Å². The van der Waals surface area contributed by atoms with Gasteiger partial charge in [0.25, 0.3) is 0 Å². The number of halogens is 3. The van der Waals surface area contributed by atoms with Crippen LogP contribution in [0.4, 0.5) is 0 Å². The molecule has 19 heavy (non-hydrogen) atoms. The summed E-state index contributed by atoms with van der Waals surface area (Å²) in [4.78, 5) is 12.0. The first-order valence-electron chi connectivity index (χ1n) is 5.41. The molecule has 0 aromatic heterocycles. The Bertz CT molecular complexity index is 618. The molecule has 0 amide bonds. The van der Waals surface area contributed by atoms with E-state index in [-0.39, 0.29) is 0 Å². The second-order valence-corrected chi connectivity index (χ2v) is 5.69. The fourth-order valence-corrected chi connectivity index (χ4v) is 2.78. The summed E-state index contributed by atoms with van der Waals surface area (Å²) in [7, 11) is 0. The highest BCUT2D eigenvalue weighted by atomic mass is 79.9. The van der Waals surface area contributed by atoms with E-state index in [1.165, 1.54) is 0 Å². The van der Waals surface area contributed by atoms with Crippen molar-refractivity contribution in [3.05, 3.63) is 62.0 Å². The quantitative estimate of drug-likeness (QED) is 0.538. The lowest BCUT2D eigenvalue weighted by atomic mass is 10.2. The van der Waals surface area contributed by atoms with Gasteiger partial charge in [-0.3, -0.25) is 0 Å². The highest BCUT2D eigenvalue weighted by molar-refractivity contribution is 9.10. The van der Waals surface area contributed by atoms with Gasteiger partial charge in [-0.1, -0.05) is 45.2 Å². The Balaban J connectivity index is 2.29. The predicted molar refractivity (Wildman–Crippen MR) is 80.3 cm³/mol. The molecule has 0 N–H and O–H groups in total. The molecule has 0 radical (unpaired) electrons. The Kier molecular flexibility index (Phi) is 4.50. The Morgan fingerprint density at radius 3 is 2.58 bits per heavy atom. The Morgan fingerprint density at radius 1 is 1.21 bits per heavy atom. The van der Waals surface area contributed by atoms with Crippen LogP contribution in [0.25, 0.3) is 0 Å². The van der Waals surface area contributed by atoms with Crippen molar-refractivity contribution in [2.75, 3.05) is 0 Å². The number of hydrogen-bond acceptors (Lipinski definition) is 2. The maximum atomic E-state index is 12.0. The third-order valence-electron chi connectivity index (χ3n) is 2.45. The lowest BCUT2D eigenvalue weighted by molar-refractivity contribution is 0.0733. The second-order valence-electron chi connectivity index (χ2n) is 3.93. The molecule has 0 saturated carbocycles. The molecule has 0 unspecified atom stereocenters. The fraction of sp³-hybridized carbons (Fsp3) is 0.0714. The lowest BCUT2D eigenvalue weighted by Crippen LogP contribution is -2.09. The monoisotopic (exact) mass is 358 g/mol. The van der Waals surface area contributed by atoms with E-state index >= 15 is 0 Å². The minimum atomic E-state index is -0.491. The number of aryl methyl sites for hydroxylation is 1. The standard InChI is InChI=1S/C14H9BrCl2O2/c1-8-5-10(15)7-12(17)13(8)19-14(18)9-3-2-4-11(16)6-9/h2-7H,1H3. The van der Waals surface area contributed by atoms with Crippen LogP contribution in [0.2, 0.25) is 10.0 Å². The SMILES string of the molecule is Cc1cc(Br)cc(Cl)c1OC(=O)c1cccc(Cl)c1. The molecule has 2 rings (SSSR count). The molecular formula is C14H9BrCl2O2. The van der Waals surface area contributed by atoms with Crippen LogP contribution in [-0.4, -0.2) is 5.97 Å². The fourth-order valence-electron chi connectivity index (χ4n) is 1.59. The first-order valence-corrected chi connectivity index (χ1v) is 6.95. The number of benzene rings is 2. The molecule has 2 aromatic carbocycles. The summed E-state index contributed by atoms with van der Waals surface area (Å²) in [5, 5.41) is 0.857. The van der Waals surface area contributed by atoms with Gasteiger partial charge in [-0.25, -0.2) is 4.79 Å². The van der Waals surface area contributed by atoms with E-state index in [0.29, 0.717) is 21.4 Å². The van der Waals surface area contributed by atoms with E-state index < -0.39 is 5.97 Å². The van der Waals surface area contributed by atoms with Crippen LogP contribution in [0.5, 0.6) is 5.75 Å². The largest absolute Gasteiger partial charge is 0.421 e. The van der Waals surface area contributed by atoms with Crippen LogP contribution in [0.1, 0.15) is 15.9 Å². The molecule has 0 aliphatic rings. The summed E-state index contributed by atoms with van der Waals surface area (Å²) in [6.07, 6.45) is 0. The van der Waals surface area contributed by atoms with E-state index in [2.05, 4.69) is 15.9 Å². The van der Waals surface area contributed by atoms with Crippen LogP contribution < -0.4 is 4.74 Å². The maximum Gasteiger partial charge on any atom is 0.343 e. The van der Waals surface area contributed by atoms with Crippen molar-refractivity contribution >= 4 is 45.1 Å². The number of rotatable bonds is 2.